The van der Waals surface area contributed by atoms with Gasteiger partial charge in [0.05, 0.1) is 6.04 Å². The number of amides is 1. The van der Waals surface area contributed by atoms with Crippen molar-refractivity contribution in [2.75, 3.05) is 0 Å². The molecule has 1 aliphatic rings. The van der Waals surface area contributed by atoms with E-state index in [1.807, 2.05) is 6.07 Å². The van der Waals surface area contributed by atoms with E-state index in [4.69, 9.17) is 10.00 Å². The highest BCUT2D eigenvalue weighted by Gasteiger charge is 2.36. The fourth-order valence-electron chi connectivity index (χ4n) is 2.44. The topological polar surface area (TPSA) is 92.1 Å². The summed E-state index contributed by atoms with van der Waals surface area (Å²) < 4.78 is 5.22. The number of alkyl carbamates (subject to hydrolysis) is 1. The van der Waals surface area contributed by atoms with Gasteiger partial charge in [-0.2, -0.15) is 5.26 Å². The molecule has 1 amide bonds. The van der Waals surface area contributed by atoms with Gasteiger partial charge in [0.15, 0.2) is 0 Å². The van der Waals surface area contributed by atoms with Crippen LogP contribution in [-0.2, 0) is 16.0 Å². The highest BCUT2D eigenvalue weighted by Crippen LogP contribution is 2.36. The van der Waals surface area contributed by atoms with E-state index in [2.05, 4.69) is 10.3 Å². The Morgan fingerprint density at radius 1 is 1.57 bits per heavy atom. The molecule has 0 aliphatic heterocycles. The minimum absolute atomic E-state index is 0.299. The van der Waals surface area contributed by atoms with Crippen LogP contribution in [0.5, 0.6) is 0 Å². The summed E-state index contributed by atoms with van der Waals surface area (Å²) in [5.74, 6) is -0.413. The number of pyridine rings is 1. The predicted octanol–water partition coefficient (Wildman–Crippen LogP) is 1.89. The Bertz CT molecular complexity index is 614. The molecule has 0 unspecified atom stereocenters. The van der Waals surface area contributed by atoms with Gasteiger partial charge in [-0.25, -0.2) is 9.78 Å². The Balaban J connectivity index is 2.26. The van der Waals surface area contributed by atoms with Crippen LogP contribution < -0.4 is 5.32 Å². The molecule has 6 heteroatoms. The Morgan fingerprint density at radius 2 is 2.29 bits per heavy atom. The lowest BCUT2D eigenvalue weighted by Crippen LogP contribution is -2.36. The number of aldehydes is 1. The number of nitriles is 1. The lowest BCUT2D eigenvalue weighted by molar-refractivity contribution is -0.111. The molecule has 0 fully saturated rings. The summed E-state index contributed by atoms with van der Waals surface area (Å²) in [5, 5.41) is 11.8. The molecular weight excluding hydrogens is 270 g/mol. The van der Waals surface area contributed by atoms with Crippen molar-refractivity contribution >= 4 is 12.4 Å². The SMILES string of the molecule is CC(C)(C)OC(=O)N[C@@H]1c2ccnc(C#N)c2C[C@H]1C=O. The van der Waals surface area contributed by atoms with Crippen LogP contribution >= 0.6 is 0 Å². The van der Waals surface area contributed by atoms with E-state index < -0.39 is 23.7 Å². The van der Waals surface area contributed by atoms with Crippen LogP contribution in [0, 0.1) is 17.2 Å². The average molecular weight is 287 g/mol. The first-order chi connectivity index (χ1) is 9.85. The molecule has 0 saturated heterocycles. The minimum Gasteiger partial charge on any atom is -0.444 e. The maximum atomic E-state index is 11.9. The number of fused-ring (bicyclic) bond motifs is 1. The van der Waals surface area contributed by atoms with E-state index in [1.54, 1.807) is 26.8 Å². The summed E-state index contributed by atoms with van der Waals surface area (Å²) in [6, 6.07) is 3.25. The average Bonchev–Trinajstić information content (AvgIpc) is 2.74. The number of nitrogens with zero attached hydrogens (tertiary/aromatic N) is 2. The highest BCUT2D eigenvalue weighted by molar-refractivity contribution is 5.71. The third-order valence-electron chi connectivity index (χ3n) is 3.25. The van der Waals surface area contributed by atoms with Gasteiger partial charge in [-0.05, 0) is 44.4 Å². The van der Waals surface area contributed by atoms with Gasteiger partial charge in [-0.3, -0.25) is 0 Å². The molecule has 0 aromatic carbocycles. The summed E-state index contributed by atoms with van der Waals surface area (Å²) in [6.07, 6.45) is 2.12. The number of hydrogen-bond acceptors (Lipinski definition) is 5. The first-order valence-corrected chi connectivity index (χ1v) is 6.68. The quantitative estimate of drug-likeness (QED) is 0.838. The second-order valence-electron chi connectivity index (χ2n) is 5.97. The van der Waals surface area contributed by atoms with Crippen LogP contribution in [-0.4, -0.2) is 23.0 Å². The number of rotatable bonds is 2. The van der Waals surface area contributed by atoms with Crippen LogP contribution in [0.3, 0.4) is 0 Å². The number of nitrogens with one attached hydrogen (secondary N) is 1. The van der Waals surface area contributed by atoms with E-state index in [0.717, 1.165) is 17.4 Å². The molecule has 0 saturated carbocycles. The third-order valence-corrected chi connectivity index (χ3v) is 3.25. The summed E-state index contributed by atoms with van der Waals surface area (Å²) >= 11 is 0. The van der Waals surface area contributed by atoms with Crippen molar-refractivity contribution in [3.05, 3.63) is 29.1 Å². The van der Waals surface area contributed by atoms with Crippen molar-refractivity contribution in [1.29, 1.82) is 5.26 Å². The summed E-state index contributed by atoms with van der Waals surface area (Å²) in [6.45, 7) is 5.30. The van der Waals surface area contributed by atoms with Crippen molar-refractivity contribution in [3.8, 4) is 6.07 Å². The smallest absolute Gasteiger partial charge is 0.408 e. The lowest BCUT2D eigenvalue weighted by Gasteiger charge is -2.23. The fraction of sp³-hybridized carbons (Fsp3) is 0.467. The Hall–Kier alpha value is -2.42. The van der Waals surface area contributed by atoms with Crippen molar-refractivity contribution in [2.45, 2.75) is 38.8 Å². The molecular formula is C15H17N3O3. The molecule has 0 bridgehead atoms. The molecule has 0 spiro atoms. The first-order valence-electron chi connectivity index (χ1n) is 6.68. The molecule has 1 aromatic heterocycles. The Morgan fingerprint density at radius 3 is 2.86 bits per heavy atom. The van der Waals surface area contributed by atoms with Crippen molar-refractivity contribution in [3.63, 3.8) is 0 Å². The van der Waals surface area contributed by atoms with Gasteiger partial charge in [0.1, 0.15) is 23.7 Å². The molecule has 1 N–H and O–H groups in total. The second kappa shape index (κ2) is 5.52. The highest BCUT2D eigenvalue weighted by atomic mass is 16.6. The van der Waals surface area contributed by atoms with Gasteiger partial charge < -0.3 is 14.8 Å². The number of carbonyl (C=O) groups is 2. The van der Waals surface area contributed by atoms with E-state index in [1.165, 1.54) is 6.20 Å². The Labute approximate surface area is 123 Å². The van der Waals surface area contributed by atoms with Crippen molar-refractivity contribution in [1.82, 2.24) is 10.3 Å². The first kappa shape index (κ1) is 15.0. The Kier molecular flexibility index (Phi) is 3.94. The number of carbonyl (C=O) groups excluding carboxylic acids is 2. The van der Waals surface area contributed by atoms with Crippen molar-refractivity contribution < 1.29 is 14.3 Å². The molecule has 1 aromatic rings. The standard InChI is InChI=1S/C15H17N3O3/c1-15(2,3)21-14(20)18-13-9(8-19)6-11-10(13)4-5-17-12(11)7-16/h4-5,8-9,13H,6H2,1-3H3,(H,18,20)/t9-,13-/m0/s1. The van der Waals surface area contributed by atoms with E-state index in [0.29, 0.717) is 12.1 Å². The van der Waals surface area contributed by atoms with Gasteiger partial charge in [0.2, 0.25) is 0 Å². The molecule has 1 heterocycles. The van der Waals surface area contributed by atoms with Crippen LogP contribution in [0.15, 0.2) is 12.3 Å². The summed E-state index contributed by atoms with van der Waals surface area (Å²) in [7, 11) is 0. The summed E-state index contributed by atoms with van der Waals surface area (Å²) in [4.78, 5) is 27.2. The number of hydrogen-bond donors (Lipinski definition) is 1. The largest absolute Gasteiger partial charge is 0.444 e. The fourth-order valence-corrected chi connectivity index (χ4v) is 2.44. The monoisotopic (exact) mass is 287 g/mol. The van der Waals surface area contributed by atoms with E-state index >= 15 is 0 Å². The van der Waals surface area contributed by atoms with Crippen molar-refractivity contribution in [2.24, 2.45) is 5.92 Å². The molecule has 110 valence electrons. The maximum Gasteiger partial charge on any atom is 0.408 e. The summed E-state index contributed by atoms with van der Waals surface area (Å²) in [5.41, 5.74) is 1.16. The van der Waals surface area contributed by atoms with Gasteiger partial charge in [0, 0.05) is 12.1 Å². The molecule has 6 nitrogen and oxygen atoms in total. The molecule has 21 heavy (non-hydrogen) atoms. The molecule has 0 radical (unpaired) electrons. The predicted molar refractivity (Wildman–Crippen MR) is 74.3 cm³/mol. The number of aromatic nitrogens is 1. The normalized spacial score (nSPS) is 20.3. The third kappa shape index (κ3) is 3.19. The van der Waals surface area contributed by atoms with Gasteiger partial charge >= 0.3 is 6.09 Å². The lowest BCUT2D eigenvalue weighted by atomic mass is 10.0. The zero-order valence-corrected chi connectivity index (χ0v) is 12.2. The van der Waals surface area contributed by atoms with Gasteiger partial charge in [-0.1, -0.05) is 0 Å². The van der Waals surface area contributed by atoms with Crippen LogP contribution in [0.1, 0.15) is 43.6 Å². The van der Waals surface area contributed by atoms with Crippen LogP contribution in [0.25, 0.3) is 0 Å². The van der Waals surface area contributed by atoms with Gasteiger partial charge in [0.25, 0.3) is 0 Å². The molecule has 2 atom stereocenters. The van der Waals surface area contributed by atoms with Gasteiger partial charge in [-0.15, -0.1) is 0 Å². The van der Waals surface area contributed by atoms with E-state index in [9.17, 15) is 9.59 Å². The minimum atomic E-state index is -0.613. The zero-order valence-electron chi connectivity index (χ0n) is 12.2. The van der Waals surface area contributed by atoms with Crippen LogP contribution in [0.2, 0.25) is 0 Å². The molecule has 2 rings (SSSR count). The zero-order chi connectivity index (χ0) is 15.6. The molecule has 1 aliphatic carbocycles. The number of ether oxygens (including phenoxy) is 1. The maximum absolute atomic E-state index is 11.9. The van der Waals surface area contributed by atoms with E-state index in [-0.39, 0.29) is 0 Å². The van der Waals surface area contributed by atoms with Crippen LogP contribution in [0.4, 0.5) is 4.79 Å². The second-order valence-corrected chi connectivity index (χ2v) is 5.97.